The van der Waals surface area contributed by atoms with Gasteiger partial charge in [-0.3, -0.25) is 19.3 Å². The highest BCUT2D eigenvalue weighted by Crippen LogP contribution is 2.23. The van der Waals surface area contributed by atoms with Crippen molar-refractivity contribution in [2.75, 3.05) is 18.9 Å². The van der Waals surface area contributed by atoms with Crippen molar-refractivity contribution >= 4 is 33.4 Å². The van der Waals surface area contributed by atoms with Crippen LogP contribution in [-0.4, -0.2) is 55.0 Å². The van der Waals surface area contributed by atoms with Gasteiger partial charge >= 0.3 is 0 Å². The van der Waals surface area contributed by atoms with Gasteiger partial charge in [0.2, 0.25) is 15.9 Å². The minimum atomic E-state index is -3.59. The Morgan fingerprint density at radius 2 is 1.55 bits per heavy atom. The molecule has 0 fully saturated rings. The lowest BCUT2D eigenvalue weighted by Gasteiger charge is -2.21. The molecule has 1 heterocycles. The predicted molar refractivity (Wildman–Crippen MR) is 116 cm³/mol. The van der Waals surface area contributed by atoms with E-state index in [0.29, 0.717) is 23.2 Å². The summed E-state index contributed by atoms with van der Waals surface area (Å²) < 4.78 is 26.3. The summed E-state index contributed by atoms with van der Waals surface area (Å²) in [5.74, 6) is -0.972. The number of imide groups is 1. The second-order valence-corrected chi connectivity index (χ2v) is 9.60. The first kappa shape index (κ1) is 22.6. The SMILES string of the molecule is CC(C)N(C)S(=O)(=O)c1ccc(NC(=O)CCCN2C(=O)c3ccccc3C2=O)cc1. The summed E-state index contributed by atoms with van der Waals surface area (Å²) >= 11 is 0. The molecule has 0 aliphatic carbocycles. The summed E-state index contributed by atoms with van der Waals surface area (Å²) in [5.41, 5.74) is 1.24. The van der Waals surface area contributed by atoms with Crippen LogP contribution in [0.15, 0.2) is 53.4 Å². The van der Waals surface area contributed by atoms with Gasteiger partial charge in [-0.25, -0.2) is 8.42 Å². The van der Waals surface area contributed by atoms with E-state index in [-0.39, 0.29) is 41.6 Å². The Morgan fingerprint density at radius 1 is 1.00 bits per heavy atom. The van der Waals surface area contributed by atoms with Gasteiger partial charge < -0.3 is 5.32 Å². The monoisotopic (exact) mass is 443 g/mol. The summed E-state index contributed by atoms with van der Waals surface area (Å²) in [7, 11) is -2.07. The Bertz CT molecular complexity index is 1080. The molecule has 0 bridgehead atoms. The molecule has 1 aliphatic heterocycles. The smallest absolute Gasteiger partial charge is 0.261 e. The van der Waals surface area contributed by atoms with Gasteiger partial charge in [-0.05, 0) is 56.7 Å². The van der Waals surface area contributed by atoms with Crippen molar-refractivity contribution in [3.63, 3.8) is 0 Å². The molecule has 0 saturated heterocycles. The zero-order chi connectivity index (χ0) is 22.8. The summed E-state index contributed by atoms with van der Waals surface area (Å²) in [6, 6.07) is 12.4. The Hall–Kier alpha value is -3.04. The van der Waals surface area contributed by atoms with Crippen molar-refractivity contribution in [2.45, 2.75) is 37.6 Å². The number of fused-ring (bicyclic) bond motifs is 1. The molecule has 2 aromatic rings. The fourth-order valence-corrected chi connectivity index (χ4v) is 4.59. The third-order valence-electron chi connectivity index (χ3n) is 5.21. The van der Waals surface area contributed by atoms with Gasteiger partial charge in [0.05, 0.1) is 16.0 Å². The molecule has 0 saturated carbocycles. The van der Waals surface area contributed by atoms with E-state index in [4.69, 9.17) is 0 Å². The van der Waals surface area contributed by atoms with Gasteiger partial charge in [-0.1, -0.05) is 12.1 Å². The fourth-order valence-electron chi connectivity index (χ4n) is 3.22. The molecule has 2 aromatic carbocycles. The number of carbonyl (C=O) groups excluding carboxylic acids is 3. The molecule has 0 unspecified atom stereocenters. The molecule has 0 radical (unpaired) electrons. The summed E-state index contributed by atoms with van der Waals surface area (Å²) in [6.07, 6.45) is 0.437. The molecule has 3 rings (SSSR count). The van der Waals surface area contributed by atoms with Crippen LogP contribution in [0.3, 0.4) is 0 Å². The van der Waals surface area contributed by atoms with Crippen LogP contribution in [0.5, 0.6) is 0 Å². The highest BCUT2D eigenvalue weighted by molar-refractivity contribution is 7.89. The molecule has 1 N–H and O–H groups in total. The van der Waals surface area contributed by atoms with Crippen molar-refractivity contribution in [2.24, 2.45) is 0 Å². The third-order valence-corrected chi connectivity index (χ3v) is 7.25. The number of nitrogens with one attached hydrogen (secondary N) is 1. The minimum Gasteiger partial charge on any atom is -0.326 e. The molecule has 0 atom stereocenters. The first-order chi connectivity index (χ1) is 14.6. The molecule has 8 nitrogen and oxygen atoms in total. The van der Waals surface area contributed by atoms with Crippen LogP contribution >= 0.6 is 0 Å². The van der Waals surface area contributed by atoms with Crippen LogP contribution in [0.1, 0.15) is 47.4 Å². The highest BCUT2D eigenvalue weighted by atomic mass is 32.2. The zero-order valence-electron chi connectivity index (χ0n) is 17.7. The lowest BCUT2D eigenvalue weighted by atomic mass is 10.1. The fraction of sp³-hybridized carbons (Fsp3) is 0.318. The van der Waals surface area contributed by atoms with Crippen molar-refractivity contribution in [3.8, 4) is 0 Å². The topological polar surface area (TPSA) is 104 Å². The van der Waals surface area contributed by atoms with E-state index in [1.807, 2.05) is 0 Å². The number of benzene rings is 2. The number of anilines is 1. The van der Waals surface area contributed by atoms with E-state index >= 15 is 0 Å². The zero-order valence-corrected chi connectivity index (χ0v) is 18.5. The molecule has 31 heavy (non-hydrogen) atoms. The number of rotatable bonds is 8. The van der Waals surface area contributed by atoms with Crippen molar-refractivity contribution < 1.29 is 22.8 Å². The van der Waals surface area contributed by atoms with Crippen LogP contribution in [-0.2, 0) is 14.8 Å². The number of hydrogen-bond acceptors (Lipinski definition) is 5. The quantitative estimate of drug-likeness (QED) is 0.632. The summed E-state index contributed by atoms with van der Waals surface area (Å²) in [6.45, 7) is 3.72. The van der Waals surface area contributed by atoms with Crippen LogP contribution in [0.2, 0.25) is 0 Å². The van der Waals surface area contributed by atoms with E-state index in [9.17, 15) is 22.8 Å². The normalized spacial score (nSPS) is 13.8. The van der Waals surface area contributed by atoms with Gasteiger partial charge in [0.15, 0.2) is 0 Å². The molecule has 9 heteroatoms. The maximum atomic E-state index is 12.5. The van der Waals surface area contributed by atoms with E-state index < -0.39 is 10.0 Å². The molecule has 164 valence electrons. The molecule has 0 spiro atoms. The molecular weight excluding hydrogens is 418 g/mol. The standard InChI is InChI=1S/C22H25N3O5S/c1-15(2)24(3)31(29,30)17-12-10-16(11-13-17)23-20(26)9-6-14-25-21(27)18-7-4-5-8-19(18)22(25)28/h4-5,7-8,10-13,15H,6,9,14H2,1-3H3,(H,23,26). The Kier molecular flexibility index (Phi) is 6.56. The van der Waals surface area contributed by atoms with E-state index in [1.54, 1.807) is 38.1 Å². The third kappa shape index (κ3) is 4.67. The Balaban J connectivity index is 1.53. The average Bonchev–Trinajstić information content (AvgIpc) is 2.98. The van der Waals surface area contributed by atoms with Gasteiger partial charge in [0, 0.05) is 31.7 Å². The Morgan fingerprint density at radius 3 is 2.06 bits per heavy atom. The lowest BCUT2D eigenvalue weighted by Crippen LogP contribution is -2.33. The van der Waals surface area contributed by atoms with E-state index in [1.165, 1.54) is 35.6 Å². The molecule has 3 amide bonds. The first-order valence-corrected chi connectivity index (χ1v) is 11.4. The number of sulfonamides is 1. The highest BCUT2D eigenvalue weighted by Gasteiger charge is 2.34. The van der Waals surface area contributed by atoms with Crippen LogP contribution in [0.25, 0.3) is 0 Å². The van der Waals surface area contributed by atoms with E-state index in [2.05, 4.69) is 5.32 Å². The molecule has 0 aromatic heterocycles. The maximum Gasteiger partial charge on any atom is 0.261 e. The van der Waals surface area contributed by atoms with Crippen molar-refractivity contribution in [1.29, 1.82) is 0 Å². The molecular formula is C22H25N3O5S. The Labute approximate surface area is 181 Å². The van der Waals surface area contributed by atoms with Crippen LogP contribution in [0, 0.1) is 0 Å². The molecule has 1 aliphatic rings. The summed E-state index contributed by atoms with van der Waals surface area (Å²) in [5, 5.41) is 2.70. The van der Waals surface area contributed by atoms with Crippen molar-refractivity contribution in [1.82, 2.24) is 9.21 Å². The number of nitrogens with zero attached hydrogens (tertiary/aromatic N) is 2. The number of amides is 3. The number of carbonyl (C=O) groups is 3. The maximum absolute atomic E-state index is 12.5. The predicted octanol–water partition coefficient (Wildman–Crippen LogP) is 2.73. The second kappa shape index (κ2) is 8.99. The summed E-state index contributed by atoms with van der Waals surface area (Å²) in [4.78, 5) is 38.2. The lowest BCUT2D eigenvalue weighted by molar-refractivity contribution is -0.116. The largest absolute Gasteiger partial charge is 0.326 e. The second-order valence-electron chi connectivity index (χ2n) is 7.60. The van der Waals surface area contributed by atoms with Crippen LogP contribution < -0.4 is 5.32 Å². The van der Waals surface area contributed by atoms with Crippen molar-refractivity contribution in [3.05, 3.63) is 59.7 Å². The van der Waals surface area contributed by atoms with E-state index in [0.717, 1.165) is 4.90 Å². The first-order valence-electron chi connectivity index (χ1n) is 9.96. The van der Waals surface area contributed by atoms with Crippen LogP contribution in [0.4, 0.5) is 5.69 Å². The minimum absolute atomic E-state index is 0.115. The van der Waals surface area contributed by atoms with Gasteiger partial charge in [-0.2, -0.15) is 4.31 Å². The van der Waals surface area contributed by atoms with Gasteiger partial charge in [0.25, 0.3) is 11.8 Å². The number of hydrogen-bond donors (Lipinski definition) is 1. The average molecular weight is 444 g/mol. The van der Waals surface area contributed by atoms with Gasteiger partial charge in [0.1, 0.15) is 0 Å². The van der Waals surface area contributed by atoms with Gasteiger partial charge in [-0.15, -0.1) is 0 Å².